The molecule has 0 bridgehead atoms. The monoisotopic (exact) mass is 524 g/mol. The lowest BCUT2D eigenvalue weighted by Gasteiger charge is -2.32. The number of esters is 2. The average Bonchev–Trinajstić information content (AvgIpc) is 2.90. The molecular weight excluding hydrogens is 500 g/mol. The molecule has 198 valence electrons. The molecule has 3 rings (SSSR count). The SMILES string of the molecule is CCOC(=O)C1=NC(Oc2ccc(C(=O)OCC)cc2)N(OC)C(Oc2cc(C#N)ccc2C)=C1[N+](=O)[O-]. The fraction of sp³-hybridized carbons (Fsp3) is 0.280. The van der Waals surface area contributed by atoms with Gasteiger partial charge in [0, 0.05) is 0 Å². The van der Waals surface area contributed by atoms with E-state index in [0.717, 1.165) is 5.06 Å². The van der Waals surface area contributed by atoms with Crippen LogP contribution in [0.25, 0.3) is 0 Å². The molecule has 2 aromatic rings. The van der Waals surface area contributed by atoms with Gasteiger partial charge in [0.1, 0.15) is 11.5 Å². The van der Waals surface area contributed by atoms with Gasteiger partial charge in [0.05, 0.1) is 42.4 Å². The predicted octanol–water partition coefficient (Wildman–Crippen LogP) is 3.11. The van der Waals surface area contributed by atoms with E-state index in [1.54, 1.807) is 26.0 Å². The van der Waals surface area contributed by atoms with Gasteiger partial charge in [-0.15, -0.1) is 0 Å². The normalized spacial score (nSPS) is 14.8. The molecule has 1 unspecified atom stereocenters. The standard InChI is InChI=1S/C25H24N4O9/c1-5-35-23(30)17-9-11-18(12-10-17)37-25-27-20(24(31)36-6-2)21(29(32)33)22(28(25)34-4)38-19-13-16(14-26)8-7-15(19)3/h7-13,25H,5-6H2,1-4H3. The molecule has 0 aromatic heterocycles. The number of benzene rings is 2. The second-order valence-electron chi connectivity index (χ2n) is 7.50. The summed E-state index contributed by atoms with van der Waals surface area (Å²) in [4.78, 5) is 45.3. The van der Waals surface area contributed by atoms with E-state index in [-0.39, 0.29) is 35.8 Å². The Morgan fingerprint density at radius 1 is 1.11 bits per heavy atom. The highest BCUT2D eigenvalue weighted by atomic mass is 16.7. The molecular formula is C25H24N4O9. The molecule has 2 aromatic carbocycles. The zero-order valence-electron chi connectivity index (χ0n) is 21.0. The molecule has 1 aliphatic heterocycles. The highest BCUT2D eigenvalue weighted by Gasteiger charge is 2.45. The molecule has 0 spiro atoms. The highest BCUT2D eigenvalue weighted by Crippen LogP contribution is 2.30. The van der Waals surface area contributed by atoms with Crippen molar-refractivity contribution in [3.63, 3.8) is 0 Å². The molecule has 0 fully saturated rings. The summed E-state index contributed by atoms with van der Waals surface area (Å²) < 4.78 is 21.7. The number of nitro groups is 1. The number of hydrogen-bond donors (Lipinski definition) is 0. The Bertz CT molecular complexity index is 1330. The summed E-state index contributed by atoms with van der Waals surface area (Å²) in [5.41, 5.74) is -0.439. The van der Waals surface area contributed by atoms with E-state index in [0.29, 0.717) is 5.56 Å². The zero-order valence-corrected chi connectivity index (χ0v) is 21.0. The first-order valence-electron chi connectivity index (χ1n) is 11.3. The third-order valence-electron chi connectivity index (χ3n) is 5.05. The van der Waals surface area contributed by atoms with E-state index in [9.17, 15) is 25.0 Å². The molecule has 1 aliphatic rings. The first-order chi connectivity index (χ1) is 18.2. The molecule has 1 heterocycles. The lowest BCUT2D eigenvalue weighted by molar-refractivity contribution is -0.422. The van der Waals surface area contributed by atoms with Crippen LogP contribution < -0.4 is 9.47 Å². The molecule has 38 heavy (non-hydrogen) atoms. The third-order valence-corrected chi connectivity index (χ3v) is 5.05. The largest absolute Gasteiger partial charge is 0.462 e. The van der Waals surface area contributed by atoms with Crippen LogP contribution in [0.15, 0.2) is 59.0 Å². The van der Waals surface area contributed by atoms with Crippen LogP contribution in [-0.2, 0) is 19.1 Å². The van der Waals surface area contributed by atoms with Crippen molar-refractivity contribution < 1.29 is 38.3 Å². The maximum atomic E-state index is 12.7. The fourth-order valence-electron chi connectivity index (χ4n) is 3.27. The number of carbonyl (C=O) groups is 2. The number of nitriles is 1. The van der Waals surface area contributed by atoms with Gasteiger partial charge in [-0.1, -0.05) is 6.07 Å². The summed E-state index contributed by atoms with van der Waals surface area (Å²) in [6.45, 7) is 5.02. The zero-order chi connectivity index (χ0) is 27.8. The van der Waals surface area contributed by atoms with Crippen LogP contribution in [0.3, 0.4) is 0 Å². The number of rotatable bonds is 10. The molecule has 0 saturated heterocycles. The van der Waals surface area contributed by atoms with Crippen molar-refractivity contribution in [1.29, 1.82) is 5.26 Å². The van der Waals surface area contributed by atoms with E-state index in [1.807, 2.05) is 6.07 Å². The first-order valence-corrected chi connectivity index (χ1v) is 11.3. The van der Waals surface area contributed by atoms with Gasteiger partial charge in [0.25, 0.3) is 6.35 Å². The number of aliphatic imine (C=N–C) groups is 1. The Labute approximate surface area is 217 Å². The first kappa shape index (κ1) is 27.6. The highest BCUT2D eigenvalue weighted by molar-refractivity contribution is 6.42. The quantitative estimate of drug-likeness (QED) is 0.255. The maximum absolute atomic E-state index is 12.7. The number of nitrogens with zero attached hydrogens (tertiary/aromatic N) is 4. The van der Waals surface area contributed by atoms with Gasteiger partial charge in [-0.3, -0.25) is 15.0 Å². The Hall–Kier alpha value is -4.96. The van der Waals surface area contributed by atoms with Crippen LogP contribution in [-0.4, -0.2) is 54.3 Å². The summed E-state index contributed by atoms with van der Waals surface area (Å²) >= 11 is 0. The molecule has 13 nitrogen and oxygen atoms in total. The van der Waals surface area contributed by atoms with Crippen LogP contribution >= 0.6 is 0 Å². The van der Waals surface area contributed by atoms with Gasteiger partial charge in [0.2, 0.25) is 5.71 Å². The number of hydrogen-bond acceptors (Lipinski definition) is 12. The van der Waals surface area contributed by atoms with Gasteiger partial charge in [-0.2, -0.15) is 10.3 Å². The summed E-state index contributed by atoms with van der Waals surface area (Å²) in [7, 11) is 1.20. The summed E-state index contributed by atoms with van der Waals surface area (Å²) in [6, 6.07) is 12.3. The van der Waals surface area contributed by atoms with Gasteiger partial charge >= 0.3 is 23.5 Å². The van der Waals surface area contributed by atoms with Crippen LogP contribution in [0.1, 0.15) is 35.3 Å². The molecule has 0 radical (unpaired) electrons. The molecule has 0 N–H and O–H groups in total. The minimum absolute atomic E-state index is 0.0722. The van der Waals surface area contributed by atoms with Crippen molar-refractivity contribution in [2.75, 3.05) is 20.3 Å². The van der Waals surface area contributed by atoms with Gasteiger partial charge in [0.15, 0.2) is 0 Å². The second-order valence-corrected chi connectivity index (χ2v) is 7.50. The Morgan fingerprint density at radius 3 is 2.34 bits per heavy atom. The lowest BCUT2D eigenvalue weighted by atomic mass is 10.1. The van der Waals surface area contributed by atoms with Crippen LogP contribution in [0.2, 0.25) is 0 Å². The molecule has 1 atom stereocenters. The van der Waals surface area contributed by atoms with E-state index < -0.39 is 40.5 Å². The van der Waals surface area contributed by atoms with E-state index in [1.165, 1.54) is 44.4 Å². The van der Waals surface area contributed by atoms with Gasteiger partial charge in [-0.05, 0) is 62.7 Å². The van der Waals surface area contributed by atoms with E-state index in [4.69, 9.17) is 23.8 Å². The van der Waals surface area contributed by atoms with Crippen molar-refractivity contribution >= 4 is 17.7 Å². The van der Waals surface area contributed by atoms with Crippen LogP contribution in [0.5, 0.6) is 11.5 Å². The topological polar surface area (TPSA) is 163 Å². The number of hydroxylamine groups is 2. The lowest BCUT2D eigenvalue weighted by Crippen LogP contribution is -2.46. The van der Waals surface area contributed by atoms with Crippen LogP contribution in [0.4, 0.5) is 0 Å². The molecule has 0 saturated carbocycles. The molecule has 0 amide bonds. The minimum Gasteiger partial charge on any atom is -0.462 e. The summed E-state index contributed by atoms with van der Waals surface area (Å²) in [6.07, 6.45) is -1.48. The van der Waals surface area contributed by atoms with Gasteiger partial charge in [-0.25, -0.2) is 14.6 Å². The smallest absolute Gasteiger partial charge is 0.364 e. The van der Waals surface area contributed by atoms with Crippen molar-refractivity contribution in [2.24, 2.45) is 4.99 Å². The number of aryl methyl sites for hydroxylation is 1. The Morgan fingerprint density at radius 2 is 1.76 bits per heavy atom. The summed E-state index contributed by atoms with van der Waals surface area (Å²) in [5, 5.41) is 22.3. The van der Waals surface area contributed by atoms with Crippen molar-refractivity contribution in [3.05, 3.63) is 80.8 Å². The Balaban J connectivity index is 2.08. The fourth-order valence-corrected chi connectivity index (χ4v) is 3.27. The van der Waals surface area contributed by atoms with E-state index >= 15 is 0 Å². The minimum atomic E-state index is -1.48. The van der Waals surface area contributed by atoms with Crippen LogP contribution in [0, 0.1) is 28.4 Å². The van der Waals surface area contributed by atoms with Gasteiger partial charge < -0.3 is 18.9 Å². The predicted molar refractivity (Wildman–Crippen MR) is 130 cm³/mol. The summed E-state index contributed by atoms with van der Waals surface area (Å²) in [5.74, 6) is -1.85. The van der Waals surface area contributed by atoms with E-state index in [2.05, 4.69) is 4.99 Å². The maximum Gasteiger partial charge on any atom is 0.364 e. The third kappa shape index (κ3) is 6.05. The van der Waals surface area contributed by atoms with Crippen molar-refractivity contribution in [3.8, 4) is 17.6 Å². The average molecular weight is 524 g/mol. The number of carbonyl (C=O) groups excluding carboxylic acids is 2. The Kier molecular flexibility index (Phi) is 8.96. The number of ether oxygens (including phenoxy) is 4. The van der Waals surface area contributed by atoms with Crippen molar-refractivity contribution in [1.82, 2.24) is 5.06 Å². The van der Waals surface area contributed by atoms with Crippen molar-refractivity contribution in [2.45, 2.75) is 27.1 Å². The molecule has 13 heteroatoms. The molecule has 0 aliphatic carbocycles. The second kappa shape index (κ2) is 12.3.